The maximum Gasteiger partial charge on any atom is 0.309 e. The first-order valence-electron chi connectivity index (χ1n) is 5.67. The quantitative estimate of drug-likeness (QED) is 0.756. The van der Waals surface area contributed by atoms with E-state index in [1.165, 1.54) is 13.2 Å². The van der Waals surface area contributed by atoms with Gasteiger partial charge in [-0.3, -0.25) is 4.79 Å². The summed E-state index contributed by atoms with van der Waals surface area (Å²) in [5, 5.41) is 0. The largest absolute Gasteiger partial charge is 0.497 e. The zero-order valence-electron chi connectivity index (χ0n) is 9.90. The third-order valence-electron chi connectivity index (χ3n) is 2.99. The van der Waals surface area contributed by atoms with Gasteiger partial charge in [0, 0.05) is 12.0 Å². The van der Waals surface area contributed by atoms with Crippen molar-refractivity contribution in [3.05, 3.63) is 29.6 Å². The van der Waals surface area contributed by atoms with Crippen LogP contribution in [0.15, 0.2) is 18.2 Å². The molecule has 1 aromatic rings. The maximum absolute atomic E-state index is 13.7. The Morgan fingerprint density at radius 2 is 2.29 bits per heavy atom. The topological polar surface area (TPSA) is 35.5 Å². The third-order valence-corrected chi connectivity index (χ3v) is 2.99. The van der Waals surface area contributed by atoms with E-state index in [0.717, 1.165) is 0 Å². The second kappa shape index (κ2) is 4.73. The summed E-state index contributed by atoms with van der Waals surface area (Å²) in [6, 6.07) is 4.73. The number of ether oxygens (including phenoxy) is 2. The Morgan fingerprint density at radius 3 is 2.88 bits per heavy atom. The Labute approximate surface area is 99.5 Å². The predicted molar refractivity (Wildman–Crippen MR) is 60.4 cm³/mol. The zero-order chi connectivity index (χ0) is 12.4. The zero-order valence-corrected chi connectivity index (χ0v) is 9.90. The second-order valence-electron chi connectivity index (χ2n) is 4.09. The van der Waals surface area contributed by atoms with Gasteiger partial charge in [0.25, 0.3) is 0 Å². The van der Waals surface area contributed by atoms with Gasteiger partial charge in [-0.05, 0) is 25.0 Å². The molecule has 0 aliphatic heterocycles. The van der Waals surface area contributed by atoms with Gasteiger partial charge < -0.3 is 9.47 Å². The highest BCUT2D eigenvalue weighted by atomic mass is 19.1. The lowest BCUT2D eigenvalue weighted by atomic mass is 10.1. The third kappa shape index (κ3) is 2.40. The van der Waals surface area contributed by atoms with Gasteiger partial charge in [-0.1, -0.05) is 6.07 Å². The molecule has 0 bridgehead atoms. The summed E-state index contributed by atoms with van der Waals surface area (Å²) >= 11 is 0. The van der Waals surface area contributed by atoms with E-state index in [9.17, 15) is 9.18 Å². The van der Waals surface area contributed by atoms with Crippen LogP contribution in [0.5, 0.6) is 5.75 Å². The van der Waals surface area contributed by atoms with Crippen molar-refractivity contribution in [2.45, 2.75) is 19.3 Å². The molecule has 4 heteroatoms. The molecule has 0 aromatic heterocycles. The van der Waals surface area contributed by atoms with Crippen LogP contribution in [0.25, 0.3) is 0 Å². The number of rotatable bonds is 4. The van der Waals surface area contributed by atoms with Gasteiger partial charge >= 0.3 is 5.97 Å². The van der Waals surface area contributed by atoms with E-state index >= 15 is 0 Å². The number of halogens is 1. The van der Waals surface area contributed by atoms with Crippen LogP contribution >= 0.6 is 0 Å². The molecule has 2 atom stereocenters. The summed E-state index contributed by atoms with van der Waals surface area (Å²) in [6.07, 6.45) is 0.669. The monoisotopic (exact) mass is 238 g/mol. The van der Waals surface area contributed by atoms with Gasteiger partial charge in [0.2, 0.25) is 0 Å². The van der Waals surface area contributed by atoms with Crippen LogP contribution in [0.4, 0.5) is 4.39 Å². The van der Waals surface area contributed by atoms with E-state index in [-0.39, 0.29) is 23.6 Å². The highest BCUT2D eigenvalue weighted by Crippen LogP contribution is 2.49. The number of carbonyl (C=O) groups excluding carboxylic acids is 1. The summed E-state index contributed by atoms with van der Waals surface area (Å²) in [5.74, 6) is -0.286. The summed E-state index contributed by atoms with van der Waals surface area (Å²) in [6.45, 7) is 2.14. The molecule has 3 nitrogen and oxygen atoms in total. The first kappa shape index (κ1) is 11.9. The number of carbonyl (C=O) groups is 1. The van der Waals surface area contributed by atoms with Crippen LogP contribution in [-0.2, 0) is 9.53 Å². The predicted octanol–water partition coefficient (Wildman–Crippen LogP) is 2.50. The van der Waals surface area contributed by atoms with E-state index in [1.807, 2.05) is 0 Å². The van der Waals surface area contributed by atoms with Crippen LogP contribution in [0.1, 0.15) is 24.8 Å². The van der Waals surface area contributed by atoms with Gasteiger partial charge in [-0.15, -0.1) is 0 Å². The van der Waals surface area contributed by atoms with Gasteiger partial charge in [0.15, 0.2) is 0 Å². The van der Waals surface area contributed by atoms with Crippen molar-refractivity contribution in [2.75, 3.05) is 13.7 Å². The minimum absolute atomic E-state index is 0.0417. The maximum atomic E-state index is 13.7. The smallest absolute Gasteiger partial charge is 0.309 e. The molecule has 0 amide bonds. The summed E-state index contributed by atoms with van der Waals surface area (Å²) in [7, 11) is 1.49. The number of hydrogen-bond donors (Lipinski definition) is 0. The summed E-state index contributed by atoms with van der Waals surface area (Å²) in [5.41, 5.74) is 0.573. The van der Waals surface area contributed by atoms with Gasteiger partial charge in [0.05, 0.1) is 19.6 Å². The molecule has 1 saturated carbocycles. The molecule has 0 radical (unpaired) electrons. The average Bonchev–Trinajstić information content (AvgIpc) is 3.09. The highest BCUT2D eigenvalue weighted by Gasteiger charge is 2.46. The Kier molecular flexibility index (Phi) is 3.31. The molecule has 1 fully saturated rings. The molecule has 0 heterocycles. The molecule has 1 aliphatic carbocycles. The van der Waals surface area contributed by atoms with Gasteiger partial charge in [-0.25, -0.2) is 4.39 Å². The minimum Gasteiger partial charge on any atom is -0.497 e. The fourth-order valence-electron chi connectivity index (χ4n) is 1.98. The first-order valence-corrected chi connectivity index (χ1v) is 5.67. The van der Waals surface area contributed by atoms with Crippen molar-refractivity contribution in [3.8, 4) is 5.75 Å². The van der Waals surface area contributed by atoms with E-state index in [4.69, 9.17) is 9.47 Å². The number of methoxy groups -OCH3 is 1. The second-order valence-corrected chi connectivity index (χ2v) is 4.09. The van der Waals surface area contributed by atoms with Crippen molar-refractivity contribution >= 4 is 5.97 Å². The van der Waals surface area contributed by atoms with Crippen molar-refractivity contribution in [1.82, 2.24) is 0 Å². The van der Waals surface area contributed by atoms with Crippen LogP contribution < -0.4 is 4.74 Å². The number of esters is 1. The SMILES string of the molecule is CCOC(=O)C1CC1c1ccc(OC)cc1F. The van der Waals surface area contributed by atoms with E-state index < -0.39 is 0 Å². The summed E-state index contributed by atoms with van der Waals surface area (Å²) < 4.78 is 23.6. The standard InChI is InChI=1S/C13H15FO3/c1-3-17-13(15)11-7-10(11)9-5-4-8(16-2)6-12(9)14/h4-6,10-11H,3,7H2,1-2H3. The Morgan fingerprint density at radius 1 is 1.53 bits per heavy atom. The lowest BCUT2D eigenvalue weighted by Gasteiger charge is -2.05. The van der Waals surface area contributed by atoms with Crippen molar-refractivity contribution < 1.29 is 18.7 Å². The Bertz CT molecular complexity index is 431. The lowest BCUT2D eigenvalue weighted by Crippen LogP contribution is -2.07. The molecular weight excluding hydrogens is 223 g/mol. The van der Waals surface area contributed by atoms with Crippen LogP contribution in [0, 0.1) is 11.7 Å². The van der Waals surface area contributed by atoms with Gasteiger partial charge in [0.1, 0.15) is 11.6 Å². The van der Waals surface area contributed by atoms with Crippen molar-refractivity contribution in [3.63, 3.8) is 0 Å². The molecule has 92 valence electrons. The molecule has 2 rings (SSSR count). The fourth-order valence-corrected chi connectivity index (χ4v) is 1.98. The number of benzene rings is 1. The van der Waals surface area contributed by atoms with Crippen LogP contribution in [-0.4, -0.2) is 19.7 Å². The van der Waals surface area contributed by atoms with E-state index in [1.54, 1.807) is 19.1 Å². The Hall–Kier alpha value is -1.58. The molecule has 0 saturated heterocycles. The van der Waals surface area contributed by atoms with Crippen LogP contribution in [0.3, 0.4) is 0 Å². The Balaban J connectivity index is 2.08. The molecule has 0 N–H and O–H groups in total. The fraction of sp³-hybridized carbons (Fsp3) is 0.462. The first-order chi connectivity index (χ1) is 8.17. The lowest BCUT2D eigenvalue weighted by molar-refractivity contribution is -0.144. The normalized spacial score (nSPS) is 22.1. The van der Waals surface area contributed by atoms with E-state index in [0.29, 0.717) is 24.3 Å². The van der Waals surface area contributed by atoms with Crippen molar-refractivity contribution in [2.24, 2.45) is 5.92 Å². The molecule has 0 spiro atoms. The molecule has 2 unspecified atom stereocenters. The highest BCUT2D eigenvalue weighted by molar-refractivity contribution is 5.77. The van der Waals surface area contributed by atoms with Crippen LogP contribution in [0.2, 0.25) is 0 Å². The van der Waals surface area contributed by atoms with E-state index in [2.05, 4.69) is 0 Å². The molecule has 1 aromatic carbocycles. The van der Waals surface area contributed by atoms with Crippen molar-refractivity contribution in [1.29, 1.82) is 0 Å². The number of hydrogen-bond acceptors (Lipinski definition) is 3. The average molecular weight is 238 g/mol. The van der Waals surface area contributed by atoms with Gasteiger partial charge in [-0.2, -0.15) is 0 Å². The summed E-state index contributed by atoms with van der Waals surface area (Å²) in [4.78, 5) is 11.5. The molecule has 1 aliphatic rings. The molecule has 17 heavy (non-hydrogen) atoms. The minimum atomic E-state index is -0.318. The molecular formula is C13H15FO3.